The molecule has 0 unspecified atom stereocenters. The van der Waals surface area contributed by atoms with Gasteiger partial charge in [0.15, 0.2) is 0 Å². The molecule has 0 aliphatic rings. The number of phenols is 1. The van der Waals surface area contributed by atoms with E-state index in [0.717, 1.165) is 5.56 Å². The first-order valence-electron chi connectivity index (χ1n) is 4.59. The molecule has 0 spiro atoms. The van der Waals surface area contributed by atoms with Crippen molar-refractivity contribution in [2.24, 2.45) is 0 Å². The molecular formula is C11H14N2O2. The monoisotopic (exact) mass is 206 g/mol. The molecule has 0 heterocycles. The average molecular weight is 206 g/mol. The molecule has 1 aromatic rings. The summed E-state index contributed by atoms with van der Waals surface area (Å²) in [4.78, 5) is 10.6. The van der Waals surface area contributed by atoms with Crippen LogP contribution in [0.25, 0.3) is 6.08 Å². The first-order chi connectivity index (χ1) is 7.09. The van der Waals surface area contributed by atoms with Crippen LogP contribution >= 0.6 is 0 Å². The molecule has 0 aliphatic heterocycles. The first kappa shape index (κ1) is 11.1. The lowest BCUT2D eigenvalue weighted by atomic mass is 10.2. The summed E-state index contributed by atoms with van der Waals surface area (Å²) in [6.45, 7) is 1.95. The third kappa shape index (κ3) is 3.72. The van der Waals surface area contributed by atoms with Crippen LogP contribution in [-0.4, -0.2) is 17.6 Å². The van der Waals surface area contributed by atoms with Gasteiger partial charge in [0.1, 0.15) is 5.75 Å². The molecule has 0 fully saturated rings. The van der Waals surface area contributed by atoms with Crippen molar-refractivity contribution in [1.82, 2.24) is 5.32 Å². The largest absolute Gasteiger partial charge is 0.506 e. The van der Waals surface area contributed by atoms with Crippen molar-refractivity contribution in [1.29, 1.82) is 0 Å². The summed E-state index contributed by atoms with van der Waals surface area (Å²) in [5.74, 6) is 0.0129. The SMILES string of the molecule is CC(=O)NCC=Cc1ccc(O)c(N)c1. The number of phenolic OH excluding ortho intramolecular Hbond substituents is 1. The van der Waals surface area contributed by atoms with Crippen molar-refractivity contribution in [2.75, 3.05) is 12.3 Å². The van der Waals surface area contributed by atoms with E-state index in [0.29, 0.717) is 12.2 Å². The zero-order chi connectivity index (χ0) is 11.3. The molecule has 0 atom stereocenters. The highest BCUT2D eigenvalue weighted by atomic mass is 16.3. The second kappa shape index (κ2) is 5.05. The number of hydrogen-bond acceptors (Lipinski definition) is 3. The molecule has 80 valence electrons. The second-order valence-corrected chi connectivity index (χ2v) is 3.16. The fourth-order valence-corrected chi connectivity index (χ4v) is 1.07. The Hall–Kier alpha value is -1.97. The Labute approximate surface area is 88.4 Å². The molecule has 15 heavy (non-hydrogen) atoms. The molecule has 1 aromatic carbocycles. The smallest absolute Gasteiger partial charge is 0.217 e. The van der Waals surface area contributed by atoms with E-state index in [9.17, 15) is 9.90 Å². The maximum atomic E-state index is 10.6. The van der Waals surface area contributed by atoms with E-state index in [2.05, 4.69) is 5.32 Å². The van der Waals surface area contributed by atoms with Crippen LogP contribution in [-0.2, 0) is 4.79 Å². The Bertz CT molecular complexity index is 386. The molecular weight excluding hydrogens is 192 g/mol. The number of nitrogens with two attached hydrogens (primary N) is 1. The number of rotatable bonds is 3. The van der Waals surface area contributed by atoms with Crippen LogP contribution in [0.3, 0.4) is 0 Å². The van der Waals surface area contributed by atoms with Gasteiger partial charge in [-0.2, -0.15) is 0 Å². The van der Waals surface area contributed by atoms with Crippen molar-refractivity contribution in [3.05, 3.63) is 29.8 Å². The molecule has 0 saturated heterocycles. The Morgan fingerprint density at radius 1 is 1.60 bits per heavy atom. The summed E-state index contributed by atoms with van der Waals surface area (Å²) in [6, 6.07) is 4.95. The number of anilines is 1. The van der Waals surface area contributed by atoms with E-state index in [1.54, 1.807) is 12.1 Å². The third-order valence-electron chi connectivity index (χ3n) is 1.83. The van der Waals surface area contributed by atoms with Crippen LogP contribution < -0.4 is 11.1 Å². The Morgan fingerprint density at radius 3 is 2.93 bits per heavy atom. The average Bonchev–Trinajstić information content (AvgIpc) is 2.18. The summed E-state index contributed by atoms with van der Waals surface area (Å²) >= 11 is 0. The van der Waals surface area contributed by atoms with E-state index < -0.39 is 0 Å². The van der Waals surface area contributed by atoms with Crippen LogP contribution in [0.5, 0.6) is 5.75 Å². The molecule has 0 aromatic heterocycles. The molecule has 4 N–H and O–H groups in total. The fourth-order valence-electron chi connectivity index (χ4n) is 1.07. The normalized spacial score (nSPS) is 10.5. The number of aromatic hydroxyl groups is 1. The molecule has 1 rings (SSSR count). The number of nitrogen functional groups attached to an aromatic ring is 1. The topological polar surface area (TPSA) is 75.3 Å². The van der Waals surface area contributed by atoms with Gasteiger partial charge in [-0.1, -0.05) is 18.2 Å². The minimum Gasteiger partial charge on any atom is -0.506 e. The predicted molar refractivity (Wildman–Crippen MR) is 60.2 cm³/mol. The van der Waals surface area contributed by atoms with Crippen LogP contribution in [0.2, 0.25) is 0 Å². The third-order valence-corrected chi connectivity index (χ3v) is 1.83. The standard InChI is InChI=1S/C11H14N2O2/c1-8(14)13-6-2-3-9-4-5-11(15)10(12)7-9/h2-5,7,15H,6,12H2,1H3,(H,13,14). The molecule has 4 nitrogen and oxygen atoms in total. The summed E-state index contributed by atoms with van der Waals surface area (Å²) in [5.41, 5.74) is 6.75. The van der Waals surface area contributed by atoms with E-state index in [-0.39, 0.29) is 11.7 Å². The number of nitrogens with one attached hydrogen (secondary N) is 1. The maximum absolute atomic E-state index is 10.6. The lowest BCUT2D eigenvalue weighted by Gasteiger charge is -1.99. The number of hydrogen-bond donors (Lipinski definition) is 3. The fraction of sp³-hybridized carbons (Fsp3) is 0.182. The number of carbonyl (C=O) groups is 1. The molecule has 0 saturated carbocycles. The van der Waals surface area contributed by atoms with Gasteiger partial charge in [0.05, 0.1) is 5.69 Å². The highest BCUT2D eigenvalue weighted by Crippen LogP contribution is 2.20. The van der Waals surface area contributed by atoms with Gasteiger partial charge in [0, 0.05) is 13.5 Å². The molecule has 4 heteroatoms. The van der Waals surface area contributed by atoms with Crippen LogP contribution in [0.15, 0.2) is 24.3 Å². The van der Waals surface area contributed by atoms with Crippen molar-refractivity contribution < 1.29 is 9.90 Å². The highest BCUT2D eigenvalue weighted by Gasteiger charge is 1.95. The zero-order valence-corrected chi connectivity index (χ0v) is 8.53. The predicted octanol–water partition coefficient (Wildman–Crippen LogP) is 1.12. The summed E-state index contributed by atoms with van der Waals surface area (Å²) in [7, 11) is 0. The van der Waals surface area contributed by atoms with Gasteiger partial charge in [-0.25, -0.2) is 0 Å². The van der Waals surface area contributed by atoms with E-state index in [4.69, 9.17) is 5.73 Å². The lowest BCUT2D eigenvalue weighted by molar-refractivity contribution is -0.118. The van der Waals surface area contributed by atoms with Gasteiger partial charge in [-0.3, -0.25) is 4.79 Å². The van der Waals surface area contributed by atoms with Crippen molar-refractivity contribution in [3.63, 3.8) is 0 Å². The zero-order valence-electron chi connectivity index (χ0n) is 8.53. The first-order valence-corrected chi connectivity index (χ1v) is 4.59. The maximum Gasteiger partial charge on any atom is 0.217 e. The molecule has 0 aliphatic carbocycles. The minimum atomic E-state index is -0.0649. The number of benzene rings is 1. The second-order valence-electron chi connectivity index (χ2n) is 3.16. The molecule has 0 bridgehead atoms. The highest BCUT2D eigenvalue weighted by molar-refractivity contribution is 5.73. The van der Waals surface area contributed by atoms with Crippen LogP contribution in [0, 0.1) is 0 Å². The molecule has 1 amide bonds. The van der Waals surface area contributed by atoms with Crippen molar-refractivity contribution in [2.45, 2.75) is 6.92 Å². The summed E-state index contributed by atoms with van der Waals surface area (Å²) < 4.78 is 0. The van der Waals surface area contributed by atoms with Gasteiger partial charge in [0.25, 0.3) is 0 Å². The van der Waals surface area contributed by atoms with E-state index in [1.807, 2.05) is 12.2 Å². The summed E-state index contributed by atoms with van der Waals surface area (Å²) in [5, 5.41) is 11.8. The number of amides is 1. The lowest BCUT2D eigenvalue weighted by Crippen LogP contribution is -2.19. The van der Waals surface area contributed by atoms with E-state index >= 15 is 0 Å². The Morgan fingerprint density at radius 2 is 2.33 bits per heavy atom. The quantitative estimate of drug-likeness (QED) is 0.512. The van der Waals surface area contributed by atoms with Gasteiger partial charge < -0.3 is 16.2 Å². The minimum absolute atomic E-state index is 0.0649. The van der Waals surface area contributed by atoms with Crippen LogP contribution in [0.1, 0.15) is 12.5 Å². The van der Waals surface area contributed by atoms with Gasteiger partial charge in [0.2, 0.25) is 5.91 Å². The molecule has 0 radical (unpaired) electrons. The van der Waals surface area contributed by atoms with Crippen LogP contribution in [0.4, 0.5) is 5.69 Å². The van der Waals surface area contributed by atoms with Crippen molar-refractivity contribution >= 4 is 17.7 Å². The number of carbonyl (C=O) groups excluding carboxylic acids is 1. The van der Waals surface area contributed by atoms with Gasteiger partial charge in [-0.15, -0.1) is 0 Å². The Kier molecular flexibility index (Phi) is 3.74. The van der Waals surface area contributed by atoms with Crippen molar-refractivity contribution in [3.8, 4) is 5.75 Å². The van der Waals surface area contributed by atoms with E-state index in [1.165, 1.54) is 13.0 Å². The van der Waals surface area contributed by atoms with Gasteiger partial charge in [-0.05, 0) is 17.7 Å². The summed E-state index contributed by atoms with van der Waals surface area (Å²) in [6.07, 6.45) is 3.64. The Balaban J connectivity index is 2.57. The van der Waals surface area contributed by atoms with Gasteiger partial charge >= 0.3 is 0 Å².